The van der Waals surface area contributed by atoms with Crippen molar-refractivity contribution in [1.82, 2.24) is 19.6 Å². The highest BCUT2D eigenvalue weighted by Crippen LogP contribution is 2.50. The Balaban J connectivity index is 1.48. The third-order valence-electron chi connectivity index (χ3n) is 7.19. The molecule has 39 heavy (non-hydrogen) atoms. The van der Waals surface area contributed by atoms with Crippen molar-refractivity contribution < 1.29 is 18.9 Å². The molecular weight excluding hydrogens is 492 g/mol. The second kappa shape index (κ2) is 9.02. The van der Waals surface area contributed by atoms with Crippen LogP contribution in [-0.4, -0.2) is 40.9 Å². The van der Waals surface area contributed by atoms with Gasteiger partial charge in [0, 0.05) is 17.0 Å². The summed E-state index contributed by atoms with van der Waals surface area (Å²) in [5, 5.41) is 7.01. The highest BCUT2D eigenvalue weighted by molar-refractivity contribution is 5.91. The van der Waals surface area contributed by atoms with Gasteiger partial charge in [-0.15, -0.1) is 5.10 Å². The molecule has 0 saturated carbocycles. The number of nitrogens with zero attached hydrogens (tertiary/aromatic N) is 4. The number of rotatable bonds is 5. The Morgan fingerprint density at radius 1 is 0.795 bits per heavy atom. The fraction of sp³-hybridized carbons (Fsp3) is 0.129. The molecule has 192 valence electrons. The zero-order chi connectivity index (χ0) is 26.5. The summed E-state index contributed by atoms with van der Waals surface area (Å²) in [7, 11) is 4.89. The Morgan fingerprint density at radius 2 is 1.62 bits per heavy atom. The van der Waals surface area contributed by atoms with Gasteiger partial charge in [0.05, 0.1) is 26.9 Å². The van der Waals surface area contributed by atoms with E-state index in [1.165, 1.54) is 0 Å². The van der Waals surface area contributed by atoms with E-state index in [2.05, 4.69) is 35.3 Å². The van der Waals surface area contributed by atoms with Crippen LogP contribution in [0.4, 0.5) is 0 Å². The van der Waals surface area contributed by atoms with Crippen molar-refractivity contribution in [1.29, 1.82) is 0 Å². The lowest BCUT2D eigenvalue weighted by Crippen LogP contribution is -2.15. The zero-order valence-corrected chi connectivity index (χ0v) is 21.6. The number of hydrogen-bond acceptors (Lipinski definition) is 7. The minimum Gasteiger partial charge on any atom is -0.497 e. The van der Waals surface area contributed by atoms with Crippen LogP contribution in [0.25, 0.3) is 27.8 Å². The van der Waals surface area contributed by atoms with Gasteiger partial charge in [0.1, 0.15) is 17.8 Å². The van der Waals surface area contributed by atoms with Crippen molar-refractivity contribution >= 4 is 16.4 Å². The molecule has 1 aliphatic rings. The van der Waals surface area contributed by atoms with Gasteiger partial charge in [-0.05, 0) is 52.7 Å². The summed E-state index contributed by atoms with van der Waals surface area (Å²) in [6.07, 6.45) is 1.64. The van der Waals surface area contributed by atoms with Gasteiger partial charge in [-0.2, -0.15) is 0 Å². The molecule has 6 aromatic rings. The average Bonchev–Trinajstić information content (AvgIpc) is 3.44. The van der Waals surface area contributed by atoms with E-state index < -0.39 is 0 Å². The molecule has 8 nitrogen and oxygen atoms in total. The smallest absolute Gasteiger partial charge is 0.228 e. The maximum absolute atomic E-state index is 6.42. The predicted molar refractivity (Wildman–Crippen MR) is 147 cm³/mol. The summed E-state index contributed by atoms with van der Waals surface area (Å²) in [6, 6.07) is 26.2. The van der Waals surface area contributed by atoms with Crippen molar-refractivity contribution in [2.45, 2.75) is 5.92 Å². The standard InChI is InChI=1S/C31H24N4O4/c1-36-21-12-8-19(9-13-21)26-27-22-7-5-4-6-18(22)10-15-24(27)39-31-28(26)30-33-29(34-35(30)17-32-31)20-11-14-23(37-2)25(16-20)38-3/h4-17,26H,1-3H3/t26-/m1/s1. The van der Waals surface area contributed by atoms with Crippen LogP contribution in [0.15, 0.2) is 85.2 Å². The van der Waals surface area contributed by atoms with Gasteiger partial charge in [-0.3, -0.25) is 0 Å². The van der Waals surface area contributed by atoms with Gasteiger partial charge >= 0.3 is 0 Å². The second-order valence-electron chi connectivity index (χ2n) is 9.24. The first-order valence-corrected chi connectivity index (χ1v) is 12.5. The van der Waals surface area contributed by atoms with Crippen molar-refractivity contribution in [2.75, 3.05) is 21.3 Å². The lowest BCUT2D eigenvalue weighted by Gasteiger charge is -2.29. The third-order valence-corrected chi connectivity index (χ3v) is 7.19. The van der Waals surface area contributed by atoms with Crippen LogP contribution in [0.2, 0.25) is 0 Å². The van der Waals surface area contributed by atoms with Crippen LogP contribution in [0.1, 0.15) is 22.6 Å². The molecule has 0 unspecified atom stereocenters. The first kappa shape index (κ1) is 23.0. The minimum absolute atomic E-state index is 0.195. The molecule has 3 heterocycles. The van der Waals surface area contributed by atoms with Crippen LogP contribution in [-0.2, 0) is 0 Å². The molecule has 0 bridgehead atoms. The van der Waals surface area contributed by atoms with Crippen molar-refractivity contribution in [3.05, 3.63) is 102 Å². The summed E-state index contributed by atoms with van der Waals surface area (Å²) in [6.45, 7) is 0. The largest absolute Gasteiger partial charge is 0.497 e. The summed E-state index contributed by atoms with van der Waals surface area (Å²) >= 11 is 0. The number of benzene rings is 4. The molecule has 1 atom stereocenters. The first-order valence-electron chi connectivity index (χ1n) is 12.5. The Hall–Kier alpha value is -5.11. The molecule has 1 aliphatic heterocycles. The average molecular weight is 517 g/mol. The van der Waals surface area contributed by atoms with Crippen LogP contribution >= 0.6 is 0 Å². The van der Waals surface area contributed by atoms with Gasteiger partial charge in [0.2, 0.25) is 5.88 Å². The first-order chi connectivity index (χ1) is 19.2. The van der Waals surface area contributed by atoms with Crippen molar-refractivity contribution in [2.24, 2.45) is 0 Å². The highest BCUT2D eigenvalue weighted by atomic mass is 16.5. The van der Waals surface area contributed by atoms with Gasteiger partial charge in [-0.1, -0.05) is 42.5 Å². The molecule has 0 aliphatic carbocycles. The molecule has 0 fully saturated rings. The van der Waals surface area contributed by atoms with Crippen molar-refractivity contribution in [3.8, 4) is 40.3 Å². The van der Waals surface area contributed by atoms with E-state index in [0.29, 0.717) is 28.9 Å². The molecule has 0 amide bonds. The summed E-state index contributed by atoms with van der Waals surface area (Å²) in [5.74, 6) is 3.67. The molecule has 4 aromatic carbocycles. The number of fused-ring (bicyclic) bond motifs is 6. The van der Waals surface area contributed by atoms with E-state index in [-0.39, 0.29) is 5.92 Å². The van der Waals surface area contributed by atoms with E-state index in [9.17, 15) is 0 Å². The Kier molecular flexibility index (Phi) is 5.33. The number of methoxy groups -OCH3 is 3. The molecule has 0 radical (unpaired) electrons. The second-order valence-corrected chi connectivity index (χ2v) is 9.24. The SMILES string of the molecule is COc1ccc([C@@H]2c3c(ccc4ccccc34)Oc3ncn4nc(-c5ccc(OC)c(OC)c5)nc4c32)cc1. The quantitative estimate of drug-likeness (QED) is 0.267. The summed E-state index contributed by atoms with van der Waals surface area (Å²) in [4.78, 5) is 9.67. The number of ether oxygens (including phenoxy) is 4. The van der Waals surface area contributed by atoms with Gasteiger partial charge in [0.25, 0.3) is 0 Å². The van der Waals surface area contributed by atoms with E-state index in [0.717, 1.165) is 44.5 Å². The topological polar surface area (TPSA) is 80.0 Å². The maximum Gasteiger partial charge on any atom is 0.228 e. The Morgan fingerprint density at radius 3 is 2.41 bits per heavy atom. The van der Waals surface area contributed by atoms with Crippen LogP contribution < -0.4 is 18.9 Å². The zero-order valence-electron chi connectivity index (χ0n) is 21.6. The van der Waals surface area contributed by atoms with E-state index >= 15 is 0 Å². The lowest BCUT2D eigenvalue weighted by molar-refractivity contribution is 0.355. The third kappa shape index (κ3) is 3.64. The molecule has 0 N–H and O–H groups in total. The molecule has 8 heteroatoms. The van der Waals surface area contributed by atoms with Crippen LogP contribution in [0.3, 0.4) is 0 Å². The molecule has 7 rings (SSSR count). The summed E-state index contributed by atoms with van der Waals surface area (Å²) in [5.41, 5.74) is 4.46. The van der Waals surface area contributed by atoms with Gasteiger partial charge in [-0.25, -0.2) is 14.5 Å². The molecule has 2 aromatic heterocycles. The Labute approximate surface area is 224 Å². The van der Waals surface area contributed by atoms with E-state index in [1.54, 1.807) is 32.2 Å². The van der Waals surface area contributed by atoms with E-state index in [1.807, 2.05) is 48.5 Å². The molecule has 0 saturated heterocycles. The molecule has 0 spiro atoms. The highest BCUT2D eigenvalue weighted by Gasteiger charge is 2.34. The number of hydrogen-bond donors (Lipinski definition) is 0. The monoisotopic (exact) mass is 516 g/mol. The van der Waals surface area contributed by atoms with Crippen LogP contribution in [0.5, 0.6) is 28.9 Å². The number of aromatic nitrogens is 4. The normalized spacial score (nSPS) is 14.0. The lowest BCUT2D eigenvalue weighted by atomic mass is 9.81. The fourth-order valence-electron chi connectivity index (χ4n) is 5.33. The van der Waals surface area contributed by atoms with Gasteiger partial charge < -0.3 is 18.9 Å². The van der Waals surface area contributed by atoms with Crippen molar-refractivity contribution in [3.63, 3.8) is 0 Å². The Bertz CT molecular complexity index is 1860. The van der Waals surface area contributed by atoms with Gasteiger partial charge in [0.15, 0.2) is 23.0 Å². The predicted octanol–water partition coefficient (Wildman–Crippen LogP) is 6.26. The minimum atomic E-state index is -0.195. The van der Waals surface area contributed by atoms with Crippen LogP contribution in [0, 0.1) is 0 Å². The summed E-state index contributed by atoms with van der Waals surface area (Å²) < 4.78 is 24.5. The fourth-order valence-corrected chi connectivity index (χ4v) is 5.33. The maximum atomic E-state index is 6.42. The van der Waals surface area contributed by atoms with E-state index in [4.69, 9.17) is 29.0 Å². The molecular formula is C31H24N4O4.